The van der Waals surface area contributed by atoms with Gasteiger partial charge < -0.3 is 9.84 Å². The van der Waals surface area contributed by atoms with Crippen LogP contribution in [0.4, 0.5) is 13.2 Å². The first kappa shape index (κ1) is 21.9. The molecule has 0 aliphatic carbocycles. The van der Waals surface area contributed by atoms with Crippen LogP contribution in [0.1, 0.15) is 15.9 Å². The topological polar surface area (TPSA) is 68.5 Å². The molecule has 9 heteroatoms. The first-order valence-electron chi connectivity index (χ1n) is 8.62. The third-order valence-electron chi connectivity index (χ3n) is 4.06. The monoisotopic (exact) mass is 413 g/mol. The number of benzene rings is 1. The van der Waals surface area contributed by atoms with E-state index in [0.29, 0.717) is 6.61 Å². The average Bonchev–Trinajstić information content (AvgIpc) is 2.58. The second kappa shape index (κ2) is 8.32. The van der Waals surface area contributed by atoms with Crippen LogP contribution in [0.3, 0.4) is 0 Å². The van der Waals surface area contributed by atoms with E-state index in [1.807, 2.05) is 0 Å². The molecular weight excluding hydrogens is 391 g/mol. The number of carboxylic acids is 1. The molecule has 0 aliphatic heterocycles. The van der Waals surface area contributed by atoms with E-state index in [2.05, 4.69) is 19.6 Å². The van der Waals surface area contributed by atoms with Gasteiger partial charge in [-0.15, -0.1) is 0 Å². The minimum atomic E-state index is -4.57. The number of carboxylic acid groups (broad SMARTS) is 1. The first-order chi connectivity index (χ1) is 12.9. The molecule has 0 bridgehead atoms. The number of nitrogens with zero attached hydrogens (tertiary/aromatic N) is 1. The number of pyridine rings is 1. The number of hydrogen-bond acceptors (Lipinski definition) is 3. The van der Waals surface area contributed by atoms with Gasteiger partial charge in [-0.2, -0.15) is 13.2 Å². The molecule has 0 saturated carbocycles. The van der Waals surface area contributed by atoms with E-state index in [9.17, 15) is 27.9 Å². The molecular formula is C19H22F3NO4Si. The summed E-state index contributed by atoms with van der Waals surface area (Å²) in [6.07, 6.45) is -3.43. The highest BCUT2D eigenvalue weighted by Crippen LogP contribution is 2.31. The largest absolute Gasteiger partial charge is 0.478 e. The lowest BCUT2D eigenvalue weighted by Crippen LogP contribution is -2.26. The number of rotatable bonds is 7. The summed E-state index contributed by atoms with van der Waals surface area (Å²) in [5.74, 6) is -1.29. The standard InChI is InChI=1S/C19H22F3NO4Si/c1-28(2,3)8-7-27-12-23-11-14(18(25)26)10-16(17(23)24)13-5-4-6-15(9-13)19(20,21)22/h4-6,9-11H,7-8,12H2,1-3H3,(H,25,26). The van der Waals surface area contributed by atoms with Gasteiger partial charge in [-0.1, -0.05) is 31.8 Å². The molecule has 0 atom stereocenters. The normalized spacial score (nSPS) is 12.2. The molecule has 0 radical (unpaired) electrons. The number of carbonyl (C=O) groups is 1. The molecule has 0 aliphatic rings. The highest BCUT2D eigenvalue weighted by atomic mass is 28.3. The fourth-order valence-electron chi connectivity index (χ4n) is 2.46. The van der Waals surface area contributed by atoms with Crippen LogP contribution in [0.5, 0.6) is 0 Å². The number of hydrogen-bond donors (Lipinski definition) is 1. The van der Waals surface area contributed by atoms with Gasteiger partial charge in [0.1, 0.15) is 6.73 Å². The number of ether oxygens (including phenoxy) is 1. The van der Waals surface area contributed by atoms with Crippen LogP contribution in [-0.4, -0.2) is 30.3 Å². The van der Waals surface area contributed by atoms with E-state index < -0.39 is 31.3 Å². The predicted octanol–water partition coefficient (Wildman–Crippen LogP) is 4.54. The van der Waals surface area contributed by atoms with Crippen molar-refractivity contribution in [1.29, 1.82) is 0 Å². The summed E-state index contributed by atoms with van der Waals surface area (Å²) in [4.78, 5) is 24.1. The summed E-state index contributed by atoms with van der Waals surface area (Å²) in [5, 5.41) is 9.30. The van der Waals surface area contributed by atoms with Crippen molar-refractivity contribution in [3.05, 3.63) is 58.0 Å². The fourth-order valence-corrected chi connectivity index (χ4v) is 3.22. The van der Waals surface area contributed by atoms with Crippen molar-refractivity contribution in [2.45, 2.75) is 38.6 Å². The van der Waals surface area contributed by atoms with E-state index >= 15 is 0 Å². The fraction of sp³-hybridized carbons (Fsp3) is 0.368. The Kier molecular flexibility index (Phi) is 6.51. The van der Waals surface area contributed by atoms with Crippen molar-refractivity contribution in [2.24, 2.45) is 0 Å². The van der Waals surface area contributed by atoms with Gasteiger partial charge in [0, 0.05) is 26.4 Å². The zero-order chi connectivity index (χ0) is 21.1. The molecule has 28 heavy (non-hydrogen) atoms. The summed E-state index contributed by atoms with van der Waals surface area (Å²) in [6.45, 7) is 6.74. The maximum atomic E-state index is 13.0. The van der Waals surface area contributed by atoms with Crippen LogP contribution in [-0.2, 0) is 17.6 Å². The van der Waals surface area contributed by atoms with Crippen molar-refractivity contribution in [1.82, 2.24) is 4.57 Å². The zero-order valence-electron chi connectivity index (χ0n) is 15.8. The zero-order valence-corrected chi connectivity index (χ0v) is 16.8. The quantitative estimate of drug-likeness (QED) is 0.534. The Morgan fingerprint density at radius 2 is 1.89 bits per heavy atom. The van der Waals surface area contributed by atoms with Gasteiger partial charge in [-0.25, -0.2) is 4.79 Å². The van der Waals surface area contributed by atoms with Crippen LogP contribution in [0.15, 0.2) is 41.3 Å². The van der Waals surface area contributed by atoms with E-state index in [0.717, 1.165) is 35.0 Å². The van der Waals surface area contributed by atoms with Gasteiger partial charge in [0.25, 0.3) is 5.56 Å². The first-order valence-corrected chi connectivity index (χ1v) is 12.3. The van der Waals surface area contributed by atoms with Gasteiger partial charge in [0.15, 0.2) is 0 Å². The van der Waals surface area contributed by atoms with Crippen molar-refractivity contribution >= 4 is 14.0 Å². The van der Waals surface area contributed by atoms with E-state index in [-0.39, 0.29) is 23.4 Å². The Hall–Kier alpha value is -2.39. The second-order valence-electron chi connectivity index (χ2n) is 7.65. The van der Waals surface area contributed by atoms with Crippen LogP contribution in [0.25, 0.3) is 11.1 Å². The summed E-state index contributed by atoms with van der Waals surface area (Å²) in [6, 6.07) is 6.19. The van der Waals surface area contributed by atoms with Crippen LogP contribution < -0.4 is 5.56 Å². The van der Waals surface area contributed by atoms with Crippen molar-refractivity contribution in [3.63, 3.8) is 0 Å². The number of aromatic carboxylic acids is 1. The lowest BCUT2D eigenvalue weighted by molar-refractivity contribution is -0.137. The number of halogens is 3. The second-order valence-corrected chi connectivity index (χ2v) is 13.3. The SMILES string of the molecule is C[Si](C)(C)CCOCn1cc(C(=O)O)cc(-c2cccc(C(F)(F)F)c2)c1=O. The Morgan fingerprint density at radius 1 is 1.21 bits per heavy atom. The van der Waals surface area contributed by atoms with Gasteiger partial charge in [-0.05, 0) is 29.8 Å². The van der Waals surface area contributed by atoms with E-state index in [1.54, 1.807) is 0 Å². The third kappa shape index (κ3) is 5.80. The van der Waals surface area contributed by atoms with Crippen LogP contribution in [0.2, 0.25) is 25.7 Å². The average molecular weight is 413 g/mol. The molecule has 0 fully saturated rings. The lowest BCUT2D eigenvalue weighted by atomic mass is 10.0. The van der Waals surface area contributed by atoms with Crippen molar-refractivity contribution in [3.8, 4) is 11.1 Å². The van der Waals surface area contributed by atoms with E-state index in [4.69, 9.17) is 4.74 Å². The van der Waals surface area contributed by atoms with Crippen molar-refractivity contribution < 1.29 is 27.8 Å². The molecule has 0 unspecified atom stereocenters. The Labute approximate surface area is 161 Å². The van der Waals surface area contributed by atoms with Crippen LogP contribution in [0, 0.1) is 0 Å². The molecule has 0 spiro atoms. The van der Waals surface area contributed by atoms with Gasteiger partial charge in [0.2, 0.25) is 0 Å². The maximum Gasteiger partial charge on any atom is 0.416 e. The highest BCUT2D eigenvalue weighted by Gasteiger charge is 2.30. The van der Waals surface area contributed by atoms with E-state index in [1.165, 1.54) is 12.1 Å². The summed E-state index contributed by atoms with van der Waals surface area (Å²) < 4.78 is 45.5. The molecule has 0 saturated heterocycles. The minimum absolute atomic E-state index is 0.00114. The number of alkyl halides is 3. The molecule has 1 aromatic carbocycles. The van der Waals surface area contributed by atoms with Gasteiger partial charge in [-0.3, -0.25) is 9.36 Å². The lowest BCUT2D eigenvalue weighted by Gasteiger charge is -2.16. The maximum absolute atomic E-state index is 13.0. The smallest absolute Gasteiger partial charge is 0.416 e. The predicted molar refractivity (Wildman–Crippen MR) is 102 cm³/mol. The summed E-state index contributed by atoms with van der Waals surface area (Å²) in [5.41, 5.74) is -1.86. The molecule has 2 rings (SSSR count). The molecule has 1 N–H and O–H groups in total. The molecule has 1 heterocycles. The molecule has 0 amide bonds. The van der Waals surface area contributed by atoms with Crippen molar-refractivity contribution in [2.75, 3.05) is 6.61 Å². The Bertz CT molecular complexity index is 917. The molecule has 152 valence electrons. The van der Waals surface area contributed by atoms with Gasteiger partial charge >= 0.3 is 12.1 Å². The Balaban J connectivity index is 2.41. The molecule has 5 nitrogen and oxygen atoms in total. The molecule has 2 aromatic rings. The summed E-state index contributed by atoms with van der Waals surface area (Å²) in [7, 11) is -1.34. The van der Waals surface area contributed by atoms with Crippen LogP contribution >= 0.6 is 0 Å². The Morgan fingerprint density at radius 3 is 2.46 bits per heavy atom. The highest BCUT2D eigenvalue weighted by molar-refractivity contribution is 6.76. The third-order valence-corrected chi connectivity index (χ3v) is 5.76. The molecule has 1 aromatic heterocycles. The minimum Gasteiger partial charge on any atom is -0.478 e. The number of aromatic nitrogens is 1. The van der Waals surface area contributed by atoms with Gasteiger partial charge in [0.05, 0.1) is 11.1 Å². The summed E-state index contributed by atoms with van der Waals surface area (Å²) >= 11 is 0.